The zero-order chi connectivity index (χ0) is 13.7. The Bertz CT molecular complexity index is 451. The van der Waals surface area contributed by atoms with Gasteiger partial charge in [0, 0.05) is 0 Å². The molecule has 0 aliphatic carbocycles. The van der Waals surface area contributed by atoms with Crippen LogP contribution in [0.2, 0.25) is 0 Å². The number of carbonyl (C=O) groups excluding carboxylic acids is 2. The van der Waals surface area contributed by atoms with Crippen molar-refractivity contribution in [2.45, 2.75) is 12.8 Å². The molecule has 1 fully saturated rings. The van der Waals surface area contributed by atoms with Gasteiger partial charge in [-0.3, -0.25) is 4.79 Å². The van der Waals surface area contributed by atoms with Gasteiger partial charge in [-0.2, -0.15) is 0 Å². The largest absolute Gasteiger partial charge is 0.447 e. The third kappa shape index (κ3) is 3.51. The maximum absolute atomic E-state index is 13.6. The molecule has 1 aromatic carbocycles. The standard InChI is InChI=1S/C13H14FNO4/c14-11(12(16)15-6-7-19-13(15)17)9-18-8-10-4-2-1-3-5-10/h1-5,11H,6-9H2/t11-/m0/s1. The Balaban J connectivity index is 1.76. The fourth-order valence-electron chi connectivity index (χ4n) is 1.69. The molecule has 0 aromatic heterocycles. The first kappa shape index (κ1) is 13.5. The van der Waals surface area contributed by atoms with E-state index in [-0.39, 0.29) is 26.4 Å². The molecule has 0 radical (unpaired) electrons. The molecule has 102 valence electrons. The first-order valence-electron chi connectivity index (χ1n) is 5.92. The Morgan fingerprint density at radius 1 is 1.42 bits per heavy atom. The van der Waals surface area contributed by atoms with Crippen LogP contribution < -0.4 is 0 Å². The zero-order valence-electron chi connectivity index (χ0n) is 10.3. The molecule has 5 nitrogen and oxygen atoms in total. The van der Waals surface area contributed by atoms with E-state index in [0.29, 0.717) is 0 Å². The second kappa shape index (κ2) is 6.29. The topological polar surface area (TPSA) is 55.8 Å². The van der Waals surface area contributed by atoms with Crippen molar-refractivity contribution in [2.24, 2.45) is 0 Å². The molecule has 2 rings (SSSR count). The van der Waals surface area contributed by atoms with Crippen molar-refractivity contribution in [3.8, 4) is 0 Å². The Morgan fingerprint density at radius 2 is 2.16 bits per heavy atom. The first-order chi connectivity index (χ1) is 9.18. The van der Waals surface area contributed by atoms with E-state index in [1.807, 2.05) is 30.3 Å². The normalized spacial score (nSPS) is 16.3. The van der Waals surface area contributed by atoms with Crippen LogP contribution in [0.1, 0.15) is 5.56 Å². The molecule has 1 aliphatic rings. The molecule has 1 saturated heterocycles. The summed E-state index contributed by atoms with van der Waals surface area (Å²) < 4.78 is 23.3. The quantitative estimate of drug-likeness (QED) is 0.811. The average molecular weight is 267 g/mol. The van der Waals surface area contributed by atoms with Crippen molar-refractivity contribution in [2.75, 3.05) is 19.8 Å². The number of carbonyl (C=O) groups is 2. The smallest absolute Gasteiger partial charge is 0.416 e. The van der Waals surface area contributed by atoms with Gasteiger partial charge in [0.2, 0.25) is 6.17 Å². The minimum absolute atomic E-state index is 0.0940. The second-order valence-corrected chi connectivity index (χ2v) is 4.07. The predicted molar refractivity (Wildman–Crippen MR) is 64.1 cm³/mol. The summed E-state index contributed by atoms with van der Waals surface area (Å²) in [6, 6.07) is 9.23. The number of benzene rings is 1. The molecule has 0 N–H and O–H groups in total. The highest BCUT2D eigenvalue weighted by Gasteiger charge is 2.33. The lowest BCUT2D eigenvalue weighted by atomic mass is 10.2. The number of ether oxygens (including phenoxy) is 2. The van der Waals surface area contributed by atoms with Gasteiger partial charge in [0.15, 0.2) is 0 Å². The Labute approximate surface area is 109 Å². The lowest BCUT2D eigenvalue weighted by molar-refractivity contribution is -0.135. The van der Waals surface area contributed by atoms with Gasteiger partial charge in [-0.1, -0.05) is 30.3 Å². The first-order valence-corrected chi connectivity index (χ1v) is 5.92. The van der Waals surface area contributed by atoms with Crippen molar-refractivity contribution in [1.82, 2.24) is 4.90 Å². The molecule has 19 heavy (non-hydrogen) atoms. The monoisotopic (exact) mass is 267 g/mol. The summed E-state index contributed by atoms with van der Waals surface area (Å²) in [5, 5.41) is 0. The van der Waals surface area contributed by atoms with Gasteiger partial charge in [-0.25, -0.2) is 14.1 Å². The van der Waals surface area contributed by atoms with Gasteiger partial charge >= 0.3 is 6.09 Å². The predicted octanol–water partition coefficient (Wildman–Crippen LogP) is 1.52. The number of nitrogens with zero attached hydrogens (tertiary/aromatic N) is 1. The number of imide groups is 1. The summed E-state index contributed by atoms with van der Waals surface area (Å²) in [5.74, 6) is -0.907. The molecular formula is C13H14FNO4. The summed E-state index contributed by atoms with van der Waals surface area (Å²) in [5.41, 5.74) is 0.891. The fraction of sp³-hybridized carbons (Fsp3) is 0.385. The van der Waals surface area contributed by atoms with Crippen molar-refractivity contribution in [1.29, 1.82) is 0 Å². The molecule has 0 unspecified atom stereocenters. The number of hydrogen-bond acceptors (Lipinski definition) is 4. The molecular weight excluding hydrogens is 253 g/mol. The van der Waals surface area contributed by atoms with Gasteiger partial charge in [0.1, 0.15) is 6.61 Å². The van der Waals surface area contributed by atoms with Crippen molar-refractivity contribution in [3.05, 3.63) is 35.9 Å². The lowest BCUT2D eigenvalue weighted by Crippen LogP contribution is -2.39. The van der Waals surface area contributed by atoms with E-state index in [4.69, 9.17) is 4.74 Å². The minimum atomic E-state index is -1.85. The molecule has 2 amide bonds. The summed E-state index contributed by atoms with van der Waals surface area (Å²) in [6.45, 7) is 0.0510. The molecule has 6 heteroatoms. The Morgan fingerprint density at radius 3 is 2.79 bits per heavy atom. The number of hydrogen-bond donors (Lipinski definition) is 0. The van der Waals surface area contributed by atoms with Crippen LogP contribution in [0.4, 0.5) is 9.18 Å². The van der Waals surface area contributed by atoms with Crippen LogP contribution in [-0.2, 0) is 20.9 Å². The van der Waals surface area contributed by atoms with E-state index in [9.17, 15) is 14.0 Å². The van der Waals surface area contributed by atoms with Crippen LogP contribution in [0.5, 0.6) is 0 Å². The Kier molecular flexibility index (Phi) is 4.46. The molecule has 1 aromatic rings. The van der Waals surface area contributed by atoms with Crippen LogP contribution in [0.3, 0.4) is 0 Å². The molecule has 0 spiro atoms. The van der Waals surface area contributed by atoms with Crippen LogP contribution in [-0.4, -0.2) is 42.8 Å². The van der Waals surface area contributed by atoms with Crippen molar-refractivity contribution >= 4 is 12.0 Å². The maximum atomic E-state index is 13.6. The third-order valence-electron chi connectivity index (χ3n) is 2.67. The number of alkyl halides is 1. The van der Waals surface area contributed by atoms with E-state index in [1.54, 1.807) is 0 Å². The highest BCUT2D eigenvalue weighted by atomic mass is 19.1. The Hall–Kier alpha value is -1.95. The van der Waals surface area contributed by atoms with Gasteiger partial charge in [0.25, 0.3) is 5.91 Å². The summed E-state index contributed by atoms with van der Waals surface area (Å²) >= 11 is 0. The summed E-state index contributed by atoms with van der Waals surface area (Å²) in [4.78, 5) is 23.4. The number of halogens is 1. The molecule has 1 heterocycles. The maximum Gasteiger partial charge on any atom is 0.416 e. The molecule has 1 atom stereocenters. The van der Waals surface area contributed by atoms with Crippen LogP contribution in [0, 0.1) is 0 Å². The highest BCUT2D eigenvalue weighted by Crippen LogP contribution is 2.09. The average Bonchev–Trinajstić information content (AvgIpc) is 2.85. The van der Waals surface area contributed by atoms with E-state index in [0.717, 1.165) is 10.5 Å². The van der Waals surface area contributed by atoms with Gasteiger partial charge < -0.3 is 9.47 Å². The number of cyclic esters (lactones) is 1. The van der Waals surface area contributed by atoms with Gasteiger partial charge in [-0.15, -0.1) is 0 Å². The van der Waals surface area contributed by atoms with Crippen molar-refractivity contribution < 1.29 is 23.5 Å². The summed E-state index contributed by atoms with van der Waals surface area (Å²) in [6.07, 6.45) is -2.65. The molecule has 0 bridgehead atoms. The van der Waals surface area contributed by atoms with Crippen LogP contribution >= 0.6 is 0 Å². The SMILES string of the molecule is O=C1OCCN1C(=O)[C@@H](F)COCc1ccccc1. The minimum Gasteiger partial charge on any atom is -0.447 e. The number of amides is 2. The zero-order valence-corrected chi connectivity index (χ0v) is 10.3. The molecule has 0 saturated carbocycles. The third-order valence-corrected chi connectivity index (χ3v) is 2.67. The fourth-order valence-corrected chi connectivity index (χ4v) is 1.69. The van der Waals surface area contributed by atoms with Crippen LogP contribution in [0.25, 0.3) is 0 Å². The molecule has 1 aliphatic heterocycles. The summed E-state index contributed by atoms with van der Waals surface area (Å²) in [7, 11) is 0. The van der Waals surface area contributed by atoms with E-state index in [2.05, 4.69) is 4.74 Å². The van der Waals surface area contributed by atoms with Crippen molar-refractivity contribution in [3.63, 3.8) is 0 Å². The van der Waals surface area contributed by atoms with E-state index < -0.39 is 18.2 Å². The van der Waals surface area contributed by atoms with E-state index in [1.165, 1.54) is 0 Å². The lowest BCUT2D eigenvalue weighted by Gasteiger charge is -2.14. The van der Waals surface area contributed by atoms with E-state index >= 15 is 0 Å². The second-order valence-electron chi connectivity index (χ2n) is 4.07. The van der Waals surface area contributed by atoms with Gasteiger partial charge in [0.05, 0.1) is 19.8 Å². The number of rotatable bonds is 5. The highest BCUT2D eigenvalue weighted by molar-refractivity contribution is 5.95. The van der Waals surface area contributed by atoms with Gasteiger partial charge in [-0.05, 0) is 5.56 Å². The van der Waals surface area contributed by atoms with Crippen LogP contribution in [0.15, 0.2) is 30.3 Å².